The van der Waals surface area contributed by atoms with Crippen molar-refractivity contribution in [2.24, 2.45) is 0 Å². The highest BCUT2D eigenvalue weighted by molar-refractivity contribution is 6.35. The fourth-order valence-corrected chi connectivity index (χ4v) is 1.48. The van der Waals surface area contributed by atoms with Crippen LogP contribution in [0.1, 0.15) is 10.6 Å². The number of aromatic carboxylic acids is 1. The molecule has 0 atom stereocenters. The zero-order valence-corrected chi connectivity index (χ0v) is 7.71. The van der Waals surface area contributed by atoms with Gasteiger partial charge in [-0.1, -0.05) is 17.7 Å². The second-order valence-corrected chi connectivity index (χ2v) is 3.17. The topological polar surface area (TPSA) is 76.5 Å². The first-order chi connectivity index (χ1) is 6.61. The van der Waals surface area contributed by atoms with Crippen molar-refractivity contribution >= 4 is 34.2 Å². The molecule has 0 saturated carbocycles. The van der Waals surface area contributed by atoms with Gasteiger partial charge in [-0.3, -0.25) is 0 Å². The summed E-state index contributed by atoms with van der Waals surface area (Å²) in [6.07, 6.45) is 0. The van der Waals surface area contributed by atoms with E-state index in [1.807, 2.05) is 0 Å². The highest BCUT2D eigenvalue weighted by Gasteiger charge is 2.18. The van der Waals surface area contributed by atoms with E-state index in [-0.39, 0.29) is 11.4 Å². The van der Waals surface area contributed by atoms with Gasteiger partial charge in [-0.25, -0.2) is 4.79 Å². The fourth-order valence-electron chi connectivity index (χ4n) is 1.26. The predicted molar refractivity (Wildman–Crippen MR) is 52.6 cm³/mol. The smallest absolute Gasteiger partial charge is 0.374 e. The second-order valence-electron chi connectivity index (χ2n) is 2.77. The van der Waals surface area contributed by atoms with Gasteiger partial charge in [0.25, 0.3) is 0 Å². The number of para-hydroxylation sites is 1. The van der Waals surface area contributed by atoms with Crippen LogP contribution < -0.4 is 5.73 Å². The molecule has 3 N–H and O–H groups in total. The molecule has 0 aliphatic heterocycles. The number of nitrogen functional groups attached to an aromatic ring is 1. The SMILES string of the molecule is Nc1c(C(=O)O)oc2c(Cl)cccc12. The third-order valence-electron chi connectivity index (χ3n) is 1.90. The summed E-state index contributed by atoms with van der Waals surface area (Å²) >= 11 is 5.80. The Kier molecular flexibility index (Phi) is 1.86. The van der Waals surface area contributed by atoms with E-state index in [0.717, 1.165) is 0 Å². The van der Waals surface area contributed by atoms with Crippen LogP contribution in [0.2, 0.25) is 5.02 Å². The van der Waals surface area contributed by atoms with E-state index in [0.29, 0.717) is 16.0 Å². The molecule has 0 aliphatic rings. The summed E-state index contributed by atoms with van der Waals surface area (Å²) in [7, 11) is 0. The Hall–Kier alpha value is -1.68. The monoisotopic (exact) mass is 211 g/mol. The summed E-state index contributed by atoms with van der Waals surface area (Å²) in [6, 6.07) is 4.95. The Morgan fingerprint density at radius 1 is 1.50 bits per heavy atom. The van der Waals surface area contributed by atoms with Crippen LogP contribution in [0.3, 0.4) is 0 Å². The van der Waals surface area contributed by atoms with E-state index in [4.69, 9.17) is 26.9 Å². The number of benzene rings is 1. The molecule has 1 aromatic heterocycles. The Balaban J connectivity index is 2.86. The molecule has 1 aromatic carbocycles. The van der Waals surface area contributed by atoms with Gasteiger partial charge >= 0.3 is 5.97 Å². The standard InChI is InChI=1S/C9H6ClNO3/c10-5-3-1-2-4-6(11)8(9(12)13)14-7(4)5/h1-3H,11H2,(H,12,13). The molecule has 0 unspecified atom stereocenters. The molecule has 72 valence electrons. The maximum atomic E-state index is 10.7. The first-order valence-corrected chi connectivity index (χ1v) is 4.19. The van der Waals surface area contributed by atoms with Gasteiger partial charge in [0, 0.05) is 5.39 Å². The van der Waals surface area contributed by atoms with Crippen LogP contribution >= 0.6 is 11.6 Å². The minimum atomic E-state index is -1.20. The third-order valence-corrected chi connectivity index (χ3v) is 2.20. The molecule has 2 rings (SSSR count). The average molecular weight is 212 g/mol. The number of halogens is 1. The summed E-state index contributed by atoms with van der Waals surface area (Å²) in [5.74, 6) is -1.47. The van der Waals surface area contributed by atoms with E-state index in [1.165, 1.54) is 0 Å². The number of anilines is 1. The molecule has 5 heteroatoms. The number of fused-ring (bicyclic) bond motifs is 1. The minimum absolute atomic E-state index is 0.106. The number of carboxylic acids is 1. The lowest BCUT2D eigenvalue weighted by molar-refractivity contribution is 0.0666. The number of carboxylic acid groups (broad SMARTS) is 1. The van der Waals surface area contributed by atoms with Crippen molar-refractivity contribution in [3.05, 3.63) is 29.0 Å². The van der Waals surface area contributed by atoms with Crippen molar-refractivity contribution in [1.82, 2.24) is 0 Å². The van der Waals surface area contributed by atoms with E-state index in [1.54, 1.807) is 18.2 Å². The molecule has 0 saturated heterocycles. The largest absolute Gasteiger partial charge is 0.475 e. The zero-order chi connectivity index (χ0) is 10.3. The minimum Gasteiger partial charge on any atom is -0.475 e. The maximum absolute atomic E-state index is 10.7. The van der Waals surface area contributed by atoms with Crippen molar-refractivity contribution in [2.75, 3.05) is 5.73 Å². The van der Waals surface area contributed by atoms with E-state index >= 15 is 0 Å². The molecule has 14 heavy (non-hydrogen) atoms. The van der Waals surface area contributed by atoms with Crippen LogP contribution in [0.5, 0.6) is 0 Å². The molecule has 0 spiro atoms. The number of nitrogens with two attached hydrogens (primary N) is 1. The maximum Gasteiger partial charge on any atom is 0.374 e. The number of carbonyl (C=O) groups is 1. The van der Waals surface area contributed by atoms with Gasteiger partial charge in [0.05, 0.1) is 10.7 Å². The molecule has 0 radical (unpaired) electrons. The van der Waals surface area contributed by atoms with E-state index in [2.05, 4.69) is 0 Å². The fraction of sp³-hybridized carbons (Fsp3) is 0. The molecule has 1 heterocycles. The number of furan rings is 1. The van der Waals surface area contributed by atoms with Crippen LogP contribution in [0, 0.1) is 0 Å². The molecule has 0 aliphatic carbocycles. The van der Waals surface area contributed by atoms with Crippen LogP contribution in [0.15, 0.2) is 22.6 Å². The number of hydrogen-bond donors (Lipinski definition) is 2. The predicted octanol–water partition coefficient (Wildman–Crippen LogP) is 2.37. The molecule has 0 fully saturated rings. The van der Waals surface area contributed by atoms with Gasteiger partial charge < -0.3 is 15.3 Å². The van der Waals surface area contributed by atoms with E-state index < -0.39 is 5.97 Å². The van der Waals surface area contributed by atoms with Crippen LogP contribution in [0.4, 0.5) is 5.69 Å². The Morgan fingerprint density at radius 3 is 2.79 bits per heavy atom. The molecule has 0 amide bonds. The molecule has 4 nitrogen and oxygen atoms in total. The Labute approximate surface area is 83.9 Å². The van der Waals surface area contributed by atoms with Gasteiger partial charge in [0.15, 0.2) is 5.58 Å². The highest BCUT2D eigenvalue weighted by atomic mass is 35.5. The molecular weight excluding hydrogens is 206 g/mol. The highest BCUT2D eigenvalue weighted by Crippen LogP contribution is 2.32. The van der Waals surface area contributed by atoms with Gasteiger partial charge in [0.2, 0.25) is 5.76 Å². The molecular formula is C9H6ClNO3. The van der Waals surface area contributed by atoms with Gasteiger partial charge in [-0.2, -0.15) is 0 Å². The quantitative estimate of drug-likeness (QED) is 0.759. The summed E-state index contributed by atoms with van der Waals surface area (Å²) in [4.78, 5) is 10.7. The van der Waals surface area contributed by atoms with Gasteiger partial charge in [-0.15, -0.1) is 0 Å². The molecule has 0 bridgehead atoms. The average Bonchev–Trinajstić information content (AvgIpc) is 2.46. The summed E-state index contributed by atoms with van der Waals surface area (Å²) in [5, 5.41) is 9.61. The third kappa shape index (κ3) is 1.12. The number of rotatable bonds is 1. The van der Waals surface area contributed by atoms with Crippen LogP contribution in [-0.2, 0) is 0 Å². The lowest BCUT2D eigenvalue weighted by Gasteiger charge is -1.89. The van der Waals surface area contributed by atoms with Crippen molar-refractivity contribution in [3.63, 3.8) is 0 Å². The Bertz CT molecular complexity index is 518. The lowest BCUT2D eigenvalue weighted by Crippen LogP contribution is -1.98. The van der Waals surface area contributed by atoms with Crippen molar-refractivity contribution in [1.29, 1.82) is 0 Å². The Morgan fingerprint density at radius 2 is 2.21 bits per heavy atom. The van der Waals surface area contributed by atoms with Gasteiger partial charge in [-0.05, 0) is 12.1 Å². The summed E-state index contributed by atoms with van der Waals surface area (Å²) < 4.78 is 5.03. The molecule has 2 aromatic rings. The number of hydrogen-bond acceptors (Lipinski definition) is 3. The second kappa shape index (κ2) is 2.92. The first kappa shape index (κ1) is 8.90. The van der Waals surface area contributed by atoms with Crippen molar-refractivity contribution in [3.8, 4) is 0 Å². The van der Waals surface area contributed by atoms with Crippen LogP contribution in [0.25, 0.3) is 11.0 Å². The normalized spacial score (nSPS) is 10.6. The zero-order valence-electron chi connectivity index (χ0n) is 6.95. The lowest BCUT2D eigenvalue weighted by atomic mass is 10.2. The van der Waals surface area contributed by atoms with Crippen LogP contribution in [-0.4, -0.2) is 11.1 Å². The van der Waals surface area contributed by atoms with Crippen molar-refractivity contribution < 1.29 is 14.3 Å². The van der Waals surface area contributed by atoms with Crippen molar-refractivity contribution in [2.45, 2.75) is 0 Å². The van der Waals surface area contributed by atoms with E-state index in [9.17, 15) is 4.79 Å². The summed E-state index contributed by atoms with van der Waals surface area (Å²) in [5.41, 5.74) is 5.99. The summed E-state index contributed by atoms with van der Waals surface area (Å²) in [6.45, 7) is 0. The first-order valence-electron chi connectivity index (χ1n) is 3.81. The van der Waals surface area contributed by atoms with Gasteiger partial charge in [0.1, 0.15) is 0 Å².